The van der Waals surface area contributed by atoms with Gasteiger partial charge in [-0.25, -0.2) is 4.79 Å². The number of urea groups is 1. The maximum atomic E-state index is 12.3. The van der Waals surface area contributed by atoms with Crippen LogP contribution in [0.1, 0.15) is 16.2 Å². The molecule has 0 saturated carbocycles. The van der Waals surface area contributed by atoms with Crippen LogP contribution in [0.25, 0.3) is 11.5 Å². The summed E-state index contributed by atoms with van der Waals surface area (Å²) in [6.45, 7) is 1.79. The fourth-order valence-corrected chi connectivity index (χ4v) is 2.84. The van der Waals surface area contributed by atoms with Crippen molar-refractivity contribution in [3.63, 3.8) is 0 Å². The first-order chi connectivity index (χ1) is 15.4. The van der Waals surface area contributed by atoms with E-state index < -0.39 is 0 Å². The summed E-state index contributed by atoms with van der Waals surface area (Å²) >= 11 is 0. The Morgan fingerprint density at radius 1 is 0.969 bits per heavy atom. The number of carbonyl (C=O) groups is 2. The van der Waals surface area contributed by atoms with Crippen molar-refractivity contribution < 1.29 is 14.1 Å². The van der Waals surface area contributed by atoms with Crippen molar-refractivity contribution in [2.24, 2.45) is 0 Å². The molecule has 32 heavy (non-hydrogen) atoms. The quantitative estimate of drug-likeness (QED) is 0.535. The van der Waals surface area contributed by atoms with Crippen LogP contribution in [0.15, 0.2) is 59.1 Å². The Kier molecular flexibility index (Phi) is 7.93. The van der Waals surface area contributed by atoms with Crippen molar-refractivity contribution in [2.75, 3.05) is 46.1 Å². The third-order valence-corrected chi connectivity index (χ3v) is 4.75. The summed E-state index contributed by atoms with van der Waals surface area (Å²) in [7, 11) is 5.62. The molecule has 168 valence electrons. The zero-order chi connectivity index (χ0) is 22.9. The minimum absolute atomic E-state index is 0.124. The van der Waals surface area contributed by atoms with Gasteiger partial charge in [-0.3, -0.25) is 4.79 Å². The van der Waals surface area contributed by atoms with Gasteiger partial charge in [0.1, 0.15) is 0 Å². The summed E-state index contributed by atoms with van der Waals surface area (Å²) in [6.07, 6.45) is 0.453. The Balaban J connectivity index is 1.50. The molecule has 0 atom stereocenters. The normalized spacial score (nSPS) is 10.8. The second-order valence-electron chi connectivity index (χ2n) is 7.62. The van der Waals surface area contributed by atoms with Crippen molar-refractivity contribution in [1.82, 2.24) is 25.3 Å². The Labute approximate surface area is 187 Å². The Hall–Kier alpha value is -3.72. The molecule has 9 heteroatoms. The van der Waals surface area contributed by atoms with E-state index in [1.807, 2.05) is 49.3 Å². The number of nitrogens with zero attached hydrogens (tertiary/aromatic N) is 4. The van der Waals surface area contributed by atoms with Gasteiger partial charge in [0.05, 0.1) is 0 Å². The number of para-hydroxylation sites is 1. The molecule has 3 rings (SSSR count). The zero-order valence-corrected chi connectivity index (χ0v) is 18.5. The van der Waals surface area contributed by atoms with Crippen LogP contribution in [0.5, 0.6) is 0 Å². The Morgan fingerprint density at radius 3 is 2.38 bits per heavy atom. The molecule has 3 amide bonds. The van der Waals surface area contributed by atoms with Gasteiger partial charge in [-0.1, -0.05) is 23.4 Å². The first-order valence-corrected chi connectivity index (χ1v) is 10.4. The lowest BCUT2D eigenvalue weighted by Crippen LogP contribution is -2.33. The van der Waals surface area contributed by atoms with Crippen molar-refractivity contribution in [2.45, 2.75) is 6.42 Å². The van der Waals surface area contributed by atoms with E-state index in [1.165, 1.54) is 0 Å². The third kappa shape index (κ3) is 6.64. The maximum Gasteiger partial charge on any atom is 0.321 e. The minimum atomic E-state index is -0.209. The molecule has 0 spiro atoms. The van der Waals surface area contributed by atoms with E-state index in [-0.39, 0.29) is 11.9 Å². The summed E-state index contributed by atoms with van der Waals surface area (Å²) in [5.41, 5.74) is 2.03. The summed E-state index contributed by atoms with van der Waals surface area (Å²) in [5.74, 6) is 0.752. The number of rotatable bonds is 9. The molecule has 1 heterocycles. The first kappa shape index (κ1) is 23.0. The standard InChI is InChI=1S/C23H28N6O3/c1-28(2)16-14-24-21(30)17-9-11-18(12-10-17)22-26-20(27-32-22)13-15-29(3)23(31)25-19-7-5-4-6-8-19/h4-12H,13-16H2,1-3H3,(H,24,30)(H,25,31). The van der Waals surface area contributed by atoms with E-state index in [0.29, 0.717) is 36.8 Å². The van der Waals surface area contributed by atoms with E-state index >= 15 is 0 Å². The highest BCUT2D eigenvalue weighted by molar-refractivity contribution is 5.94. The molecule has 0 bridgehead atoms. The highest BCUT2D eigenvalue weighted by atomic mass is 16.5. The highest BCUT2D eigenvalue weighted by Crippen LogP contribution is 2.18. The zero-order valence-electron chi connectivity index (χ0n) is 18.5. The van der Waals surface area contributed by atoms with Crippen LogP contribution in [0.3, 0.4) is 0 Å². The molecule has 2 N–H and O–H groups in total. The van der Waals surface area contributed by atoms with E-state index in [2.05, 4.69) is 20.8 Å². The van der Waals surface area contributed by atoms with E-state index in [9.17, 15) is 9.59 Å². The van der Waals surface area contributed by atoms with Gasteiger partial charge >= 0.3 is 6.03 Å². The van der Waals surface area contributed by atoms with Crippen molar-refractivity contribution >= 4 is 17.6 Å². The van der Waals surface area contributed by atoms with Gasteiger partial charge in [0.25, 0.3) is 11.8 Å². The molecule has 0 radical (unpaired) electrons. The van der Waals surface area contributed by atoms with Crippen LogP contribution >= 0.6 is 0 Å². The van der Waals surface area contributed by atoms with Gasteiger partial charge in [-0.2, -0.15) is 4.98 Å². The number of amides is 3. The molecule has 9 nitrogen and oxygen atoms in total. The third-order valence-electron chi connectivity index (χ3n) is 4.75. The Morgan fingerprint density at radius 2 is 1.69 bits per heavy atom. The van der Waals surface area contributed by atoms with Crippen LogP contribution in [0.2, 0.25) is 0 Å². The van der Waals surface area contributed by atoms with Crippen molar-refractivity contribution in [3.05, 3.63) is 66.0 Å². The summed E-state index contributed by atoms with van der Waals surface area (Å²) < 4.78 is 5.34. The number of likely N-dealkylation sites (N-methyl/N-ethyl adjacent to an activating group) is 2. The Bertz CT molecular complexity index is 1020. The highest BCUT2D eigenvalue weighted by Gasteiger charge is 2.13. The number of carbonyl (C=O) groups excluding carboxylic acids is 2. The van der Waals surface area contributed by atoms with Crippen LogP contribution in [-0.2, 0) is 6.42 Å². The summed E-state index contributed by atoms with van der Waals surface area (Å²) in [4.78, 5) is 32.4. The van der Waals surface area contributed by atoms with E-state index in [0.717, 1.165) is 17.8 Å². The predicted octanol–water partition coefficient (Wildman–Crippen LogP) is 2.73. The fraction of sp³-hybridized carbons (Fsp3) is 0.304. The molecule has 0 saturated heterocycles. The smallest absolute Gasteiger partial charge is 0.321 e. The van der Waals surface area contributed by atoms with Crippen LogP contribution < -0.4 is 10.6 Å². The fourth-order valence-electron chi connectivity index (χ4n) is 2.84. The topological polar surface area (TPSA) is 104 Å². The molecule has 0 unspecified atom stereocenters. The molecular weight excluding hydrogens is 408 g/mol. The first-order valence-electron chi connectivity index (χ1n) is 10.4. The second-order valence-corrected chi connectivity index (χ2v) is 7.62. The van der Waals surface area contributed by atoms with Crippen molar-refractivity contribution in [1.29, 1.82) is 0 Å². The average molecular weight is 437 g/mol. The average Bonchev–Trinajstić information content (AvgIpc) is 3.27. The molecule has 3 aromatic rings. The van der Waals surface area contributed by atoms with Gasteiger partial charge < -0.3 is 25.0 Å². The lowest BCUT2D eigenvalue weighted by atomic mass is 10.1. The number of hydrogen-bond acceptors (Lipinski definition) is 6. The van der Waals surface area contributed by atoms with Gasteiger partial charge in [-0.05, 0) is 50.5 Å². The maximum absolute atomic E-state index is 12.3. The summed E-state index contributed by atoms with van der Waals surface area (Å²) in [5, 5.41) is 9.70. The molecule has 0 aliphatic carbocycles. The number of hydrogen-bond donors (Lipinski definition) is 2. The lowest BCUT2D eigenvalue weighted by molar-refractivity contribution is 0.0951. The monoisotopic (exact) mass is 436 g/mol. The minimum Gasteiger partial charge on any atom is -0.351 e. The van der Waals surface area contributed by atoms with Gasteiger partial charge in [0, 0.05) is 49.9 Å². The molecule has 1 aromatic heterocycles. The number of anilines is 1. The van der Waals surface area contributed by atoms with Crippen molar-refractivity contribution in [3.8, 4) is 11.5 Å². The van der Waals surface area contributed by atoms with E-state index in [4.69, 9.17) is 4.52 Å². The summed E-state index contributed by atoms with van der Waals surface area (Å²) in [6, 6.07) is 16.1. The van der Waals surface area contributed by atoms with Crippen LogP contribution in [0.4, 0.5) is 10.5 Å². The largest absolute Gasteiger partial charge is 0.351 e. The molecule has 0 aliphatic rings. The van der Waals surface area contributed by atoms with Gasteiger partial charge in [-0.15, -0.1) is 0 Å². The molecular formula is C23H28N6O3. The predicted molar refractivity (Wildman–Crippen MR) is 122 cm³/mol. The number of benzene rings is 2. The molecule has 2 aromatic carbocycles. The van der Waals surface area contributed by atoms with Gasteiger partial charge in [0.2, 0.25) is 0 Å². The number of nitrogens with one attached hydrogen (secondary N) is 2. The molecule has 0 aliphatic heterocycles. The van der Waals surface area contributed by atoms with Gasteiger partial charge in [0.15, 0.2) is 5.82 Å². The van der Waals surface area contributed by atoms with Crippen LogP contribution in [-0.4, -0.2) is 72.7 Å². The van der Waals surface area contributed by atoms with Crippen LogP contribution in [0, 0.1) is 0 Å². The lowest BCUT2D eigenvalue weighted by Gasteiger charge is -2.16. The SMILES string of the molecule is CN(C)CCNC(=O)c1ccc(-c2nc(CCN(C)C(=O)Nc3ccccc3)no2)cc1. The van der Waals surface area contributed by atoms with E-state index in [1.54, 1.807) is 36.2 Å². The number of aromatic nitrogens is 2. The molecule has 0 fully saturated rings. The second kappa shape index (κ2) is 11.1.